The van der Waals surface area contributed by atoms with Crippen LogP contribution >= 0.6 is 0 Å². The third-order valence-corrected chi connectivity index (χ3v) is 5.82. The van der Waals surface area contributed by atoms with Crippen LogP contribution in [0.5, 0.6) is 11.5 Å². The number of methoxy groups -OCH3 is 2. The summed E-state index contributed by atoms with van der Waals surface area (Å²) in [5.74, 6) is 1.89. The van der Waals surface area contributed by atoms with E-state index < -0.39 is 11.5 Å². The Balaban J connectivity index is 1.67. The summed E-state index contributed by atoms with van der Waals surface area (Å²) in [5.41, 5.74) is 1.64. The van der Waals surface area contributed by atoms with Gasteiger partial charge in [-0.3, -0.25) is 9.79 Å². The number of rotatable bonds is 4. The first-order valence-electron chi connectivity index (χ1n) is 9.68. The monoisotopic (exact) mass is 406 g/mol. The van der Waals surface area contributed by atoms with Crippen LogP contribution in [0.1, 0.15) is 11.7 Å². The predicted octanol–water partition coefficient (Wildman–Crippen LogP) is 2.55. The third kappa shape index (κ3) is 2.53. The SMILES string of the molecule is CN=C1C(c2nc3ccccc3[nH]2)C(=O)C2(COC2)N1c1cc(OC)cc(OC)c1. The number of ketones is 1. The molecule has 2 aromatic carbocycles. The Hall–Kier alpha value is -3.39. The molecule has 2 aliphatic heterocycles. The molecule has 1 atom stereocenters. The van der Waals surface area contributed by atoms with Crippen LogP contribution in [0.3, 0.4) is 0 Å². The molecule has 154 valence electrons. The molecule has 0 aliphatic carbocycles. The Kier molecular flexibility index (Phi) is 4.25. The van der Waals surface area contributed by atoms with Gasteiger partial charge in [-0.25, -0.2) is 4.98 Å². The van der Waals surface area contributed by atoms with Crippen molar-refractivity contribution in [1.82, 2.24) is 9.97 Å². The fourth-order valence-electron chi connectivity index (χ4n) is 4.30. The van der Waals surface area contributed by atoms with Gasteiger partial charge in [0, 0.05) is 25.2 Å². The molecule has 1 aromatic heterocycles. The number of amidine groups is 1. The van der Waals surface area contributed by atoms with Crippen molar-refractivity contribution in [3.8, 4) is 11.5 Å². The first-order valence-corrected chi connectivity index (χ1v) is 9.68. The highest BCUT2D eigenvalue weighted by Crippen LogP contribution is 2.45. The van der Waals surface area contributed by atoms with Crippen LogP contribution in [0.2, 0.25) is 0 Å². The molecule has 5 rings (SSSR count). The van der Waals surface area contributed by atoms with Gasteiger partial charge in [-0.05, 0) is 12.1 Å². The summed E-state index contributed by atoms with van der Waals surface area (Å²) in [7, 11) is 4.89. The Morgan fingerprint density at radius 1 is 1.17 bits per heavy atom. The van der Waals surface area contributed by atoms with E-state index in [1.165, 1.54) is 0 Å². The standard InChI is InChI=1S/C22H22N4O4/c1-23-21-18(20-24-16-6-4-5-7-17(16)25-20)19(27)22(11-30-12-22)26(21)13-8-14(28-2)10-15(9-13)29-3/h4-10,18H,11-12H2,1-3H3,(H,24,25). The number of nitrogens with zero attached hydrogens (tertiary/aromatic N) is 3. The van der Waals surface area contributed by atoms with Gasteiger partial charge in [0.15, 0.2) is 11.3 Å². The number of anilines is 1. The fourth-order valence-corrected chi connectivity index (χ4v) is 4.30. The van der Waals surface area contributed by atoms with E-state index in [1.807, 2.05) is 41.3 Å². The van der Waals surface area contributed by atoms with Crippen molar-refractivity contribution < 1.29 is 19.0 Å². The van der Waals surface area contributed by atoms with Crippen LogP contribution in [0, 0.1) is 0 Å². The summed E-state index contributed by atoms with van der Waals surface area (Å²) in [6.07, 6.45) is 0. The maximum Gasteiger partial charge on any atom is 0.181 e. The van der Waals surface area contributed by atoms with Gasteiger partial charge in [-0.2, -0.15) is 0 Å². The summed E-state index contributed by atoms with van der Waals surface area (Å²) >= 11 is 0. The van der Waals surface area contributed by atoms with E-state index in [2.05, 4.69) is 15.0 Å². The van der Waals surface area contributed by atoms with E-state index in [0.29, 0.717) is 36.4 Å². The molecule has 1 spiro atoms. The normalized spacial score (nSPS) is 21.4. The van der Waals surface area contributed by atoms with E-state index in [1.54, 1.807) is 27.3 Å². The molecule has 0 radical (unpaired) electrons. The number of carbonyl (C=O) groups is 1. The molecule has 2 saturated heterocycles. The zero-order valence-electron chi connectivity index (χ0n) is 17.0. The van der Waals surface area contributed by atoms with E-state index in [-0.39, 0.29) is 5.78 Å². The topological polar surface area (TPSA) is 89.0 Å². The Morgan fingerprint density at radius 3 is 2.43 bits per heavy atom. The van der Waals surface area contributed by atoms with Crippen LogP contribution in [-0.2, 0) is 9.53 Å². The number of imidazole rings is 1. The number of ether oxygens (including phenoxy) is 3. The number of fused-ring (bicyclic) bond motifs is 1. The lowest BCUT2D eigenvalue weighted by molar-refractivity contribution is -0.138. The zero-order valence-corrected chi connectivity index (χ0v) is 17.0. The van der Waals surface area contributed by atoms with Crippen molar-refractivity contribution >= 4 is 28.3 Å². The minimum Gasteiger partial charge on any atom is -0.497 e. The maximum absolute atomic E-state index is 13.7. The van der Waals surface area contributed by atoms with Crippen molar-refractivity contribution in [2.24, 2.45) is 4.99 Å². The lowest BCUT2D eigenvalue weighted by atomic mass is 9.88. The first kappa shape index (κ1) is 18.6. The molecule has 3 heterocycles. The quantitative estimate of drug-likeness (QED) is 0.716. The Bertz CT molecular complexity index is 1110. The molecular formula is C22H22N4O4. The Labute approximate surface area is 173 Å². The largest absolute Gasteiger partial charge is 0.497 e. The Morgan fingerprint density at radius 2 is 1.87 bits per heavy atom. The molecular weight excluding hydrogens is 384 g/mol. The van der Waals surface area contributed by atoms with Crippen LogP contribution in [0.25, 0.3) is 11.0 Å². The van der Waals surface area contributed by atoms with Gasteiger partial charge in [-0.15, -0.1) is 0 Å². The van der Waals surface area contributed by atoms with Gasteiger partial charge in [-0.1, -0.05) is 12.1 Å². The molecule has 1 unspecified atom stereocenters. The fraction of sp³-hybridized carbons (Fsp3) is 0.318. The number of benzene rings is 2. The van der Waals surface area contributed by atoms with Crippen LogP contribution in [0.15, 0.2) is 47.5 Å². The van der Waals surface area contributed by atoms with Gasteiger partial charge in [0.25, 0.3) is 0 Å². The molecule has 8 heteroatoms. The highest BCUT2D eigenvalue weighted by molar-refractivity contribution is 6.27. The zero-order chi connectivity index (χ0) is 20.9. The lowest BCUT2D eigenvalue weighted by Crippen LogP contribution is -2.64. The second-order valence-corrected chi connectivity index (χ2v) is 7.45. The average molecular weight is 406 g/mol. The van der Waals surface area contributed by atoms with Gasteiger partial charge in [0.2, 0.25) is 0 Å². The number of para-hydroxylation sites is 2. The molecule has 0 saturated carbocycles. The number of aliphatic imine (C=N–C) groups is 1. The molecule has 2 fully saturated rings. The average Bonchev–Trinajstić information content (AvgIpc) is 3.28. The number of aromatic amines is 1. The summed E-state index contributed by atoms with van der Waals surface area (Å²) in [6, 6.07) is 13.3. The molecule has 1 N–H and O–H groups in total. The molecule has 2 aliphatic rings. The van der Waals surface area contributed by atoms with Crippen molar-refractivity contribution in [3.63, 3.8) is 0 Å². The van der Waals surface area contributed by atoms with Crippen molar-refractivity contribution in [2.75, 3.05) is 39.4 Å². The first-order chi connectivity index (χ1) is 14.6. The molecule has 3 aromatic rings. The predicted molar refractivity (Wildman–Crippen MR) is 113 cm³/mol. The van der Waals surface area contributed by atoms with Crippen LogP contribution < -0.4 is 14.4 Å². The van der Waals surface area contributed by atoms with Crippen molar-refractivity contribution in [3.05, 3.63) is 48.3 Å². The number of hydrogen-bond acceptors (Lipinski definition) is 6. The van der Waals surface area contributed by atoms with E-state index in [4.69, 9.17) is 14.2 Å². The molecule has 0 amide bonds. The number of aromatic nitrogens is 2. The maximum atomic E-state index is 13.7. The van der Waals surface area contributed by atoms with E-state index >= 15 is 0 Å². The van der Waals surface area contributed by atoms with Crippen LogP contribution in [0.4, 0.5) is 5.69 Å². The highest BCUT2D eigenvalue weighted by Gasteiger charge is 2.62. The molecule has 8 nitrogen and oxygen atoms in total. The second-order valence-electron chi connectivity index (χ2n) is 7.45. The number of hydrogen-bond donors (Lipinski definition) is 1. The number of carbonyl (C=O) groups excluding carboxylic acids is 1. The van der Waals surface area contributed by atoms with Gasteiger partial charge >= 0.3 is 0 Å². The highest BCUT2D eigenvalue weighted by atomic mass is 16.5. The lowest BCUT2D eigenvalue weighted by Gasteiger charge is -2.44. The summed E-state index contributed by atoms with van der Waals surface area (Å²) in [4.78, 5) is 28.2. The second kappa shape index (κ2) is 6.84. The van der Waals surface area contributed by atoms with Crippen LogP contribution in [-0.4, -0.2) is 61.6 Å². The summed E-state index contributed by atoms with van der Waals surface area (Å²) in [6.45, 7) is 0.586. The van der Waals surface area contributed by atoms with Gasteiger partial charge in [0.05, 0.1) is 44.2 Å². The minimum atomic E-state index is -0.824. The van der Waals surface area contributed by atoms with Gasteiger partial charge < -0.3 is 24.1 Å². The smallest absolute Gasteiger partial charge is 0.181 e. The summed E-state index contributed by atoms with van der Waals surface area (Å²) in [5, 5.41) is 0. The van der Waals surface area contributed by atoms with Gasteiger partial charge in [0.1, 0.15) is 29.1 Å². The minimum absolute atomic E-state index is 0.0233. The molecule has 0 bridgehead atoms. The van der Waals surface area contributed by atoms with Crippen molar-refractivity contribution in [1.29, 1.82) is 0 Å². The molecule has 30 heavy (non-hydrogen) atoms. The third-order valence-electron chi connectivity index (χ3n) is 5.82. The number of Topliss-reactive ketones (excluding diaryl/α,β-unsaturated/α-hetero) is 1. The van der Waals surface area contributed by atoms with E-state index in [0.717, 1.165) is 16.7 Å². The van der Waals surface area contributed by atoms with E-state index in [9.17, 15) is 4.79 Å². The summed E-state index contributed by atoms with van der Waals surface area (Å²) < 4.78 is 16.4. The van der Waals surface area contributed by atoms with Crippen molar-refractivity contribution in [2.45, 2.75) is 11.5 Å². The number of H-pyrrole nitrogens is 1. The number of nitrogens with one attached hydrogen (secondary N) is 1.